The lowest BCUT2D eigenvalue weighted by atomic mass is 10.1. The van der Waals surface area contributed by atoms with Crippen molar-refractivity contribution >= 4 is 17.6 Å². The number of carbonyl (C=O) groups excluding carboxylic acids is 3. The molecule has 2 aromatic rings. The standard InChI is InChI=1S/C18H18N2O4/c1-13-4-6-14(7-5-13)16(21)18(23)20-10-8-19(9-11-20)17(22)15-3-2-12-24-15/h2-7,12H,8-11H2,1H3. The van der Waals surface area contributed by atoms with Gasteiger partial charge in [0.2, 0.25) is 5.78 Å². The first kappa shape index (κ1) is 16.0. The second-order valence-electron chi connectivity index (χ2n) is 5.76. The Morgan fingerprint density at radius 2 is 1.54 bits per heavy atom. The second-order valence-corrected chi connectivity index (χ2v) is 5.76. The fourth-order valence-electron chi connectivity index (χ4n) is 2.64. The summed E-state index contributed by atoms with van der Waals surface area (Å²) in [5.74, 6) is -0.952. The molecule has 2 amide bonds. The summed E-state index contributed by atoms with van der Waals surface area (Å²) < 4.78 is 5.10. The Hall–Kier alpha value is -2.89. The molecule has 1 aromatic heterocycles. The van der Waals surface area contributed by atoms with Gasteiger partial charge >= 0.3 is 0 Å². The van der Waals surface area contributed by atoms with Crippen molar-refractivity contribution in [2.75, 3.05) is 26.2 Å². The maximum Gasteiger partial charge on any atom is 0.295 e. The Balaban J connectivity index is 1.60. The van der Waals surface area contributed by atoms with Crippen LogP contribution in [0.5, 0.6) is 0 Å². The number of hydrogen-bond donors (Lipinski definition) is 0. The van der Waals surface area contributed by atoms with Crippen LogP contribution < -0.4 is 0 Å². The van der Waals surface area contributed by atoms with Gasteiger partial charge in [0, 0.05) is 31.7 Å². The Morgan fingerprint density at radius 1 is 0.917 bits per heavy atom. The van der Waals surface area contributed by atoms with Crippen molar-refractivity contribution in [3.8, 4) is 0 Å². The van der Waals surface area contributed by atoms with Crippen LogP contribution in [0.25, 0.3) is 0 Å². The summed E-state index contributed by atoms with van der Waals surface area (Å²) in [6.07, 6.45) is 1.45. The van der Waals surface area contributed by atoms with Crippen LogP contribution in [0.3, 0.4) is 0 Å². The third kappa shape index (κ3) is 3.22. The van der Waals surface area contributed by atoms with Gasteiger partial charge in [0.15, 0.2) is 5.76 Å². The van der Waals surface area contributed by atoms with Crippen LogP contribution in [0.2, 0.25) is 0 Å². The highest BCUT2D eigenvalue weighted by atomic mass is 16.3. The molecule has 1 saturated heterocycles. The first-order chi connectivity index (χ1) is 11.6. The van der Waals surface area contributed by atoms with Gasteiger partial charge in [-0.05, 0) is 19.1 Å². The minimum atomic E-state index is -0.524. The van der Waals surface area contributed by atoms with Crippen molar-refractivity contribution in [2.24, 2.45) is 0 Å². The maximum atomic E-state index is 12.3. The van der Waals surface area contributed by atoms with Crippen LogP contribution in [0.1, 0.15) is 26.5 Å². The van der Waals surface area contributed by atoms with Crippen LogP contribution in [-0.4, -0.2) is 53.6 Å². The topological polar surface area (TPSA) is 70.8 Å². The lowest BCUT2D eigenvalue weighted by Gasteiger charge is -2.33. The molecular formula is C18H18N2O4. The fraction of sp³-hybridized carbons (Fsp3) is 0.278. The van der Waals surface area contributed by atoms with Gasteiger partial charge in [0.1, 0.15) is 0 Å². The highest BCUT2D eigenvalue weighted by Gasteiger charge is 2.29. The lowest BCUT2D eigenvalue weighted by molar-refractivity contribution is -0.127. The van der Waals surface area contributed by atoms with Crippen LogP contribution in [0.4, 0.5) is 0 Å². The van der Waals surface area contributed by atoms with Gasteiger partial charge in [-0.15, -0.1) is 0 Å². The van der Waals surface area contributed by atoms with Gasteiger partial charge in [0.05, 0.1) is 6.26 Å². The summed E-state index contributed by atoms with van der Waals surface area (Å²) in [7, 11) is 0. The smallest absolute Gasteiger partial charge is 0.295 e. The van der Waals surface area contributed by atoms with E-state index in [2.05, 4.69) is 0 Å². The van der Waals surface area contributed by atoms with E-state index in [0.29, 0.717) is 31.7 Å². The van der Waals surface area contributed by atoms with E-state index >= 15 is 0 Å². The molecule has 1 fully saturated rings. The maximum absolute atomic E-state index is 12.3. The minimum Gasteiger partial charge on any atom is -0.459 e. The third-order valence-electron chi connectivity index (χ3n) is 4.09. The monoisotopic (exact) mass is 326 g/mol. The number of Topliss-reactive ketones (excluding diaryl/α,β-unsaturated/α-hetero) is 1. The third-order valence-corrected chi connectivity index (χ3v) is 4.09. The normalized spacial score (nSPS) is 14.5. The van der Waals surface area contributed by atoms with Gasteiger partial charge < -0.3 is 14.2 Å². The van der Waals surface area contributed by atoms with E-state index < -0.39 is 11.7 Å². The quantitative estimate of drug-likeness (QED) is 0.636. The Morgan fingerprint density at radius 3 is 2.12 bits per heavy atom. The molecule has 6 heteroatoms. The number of piperazine rings is 1. The van der Waals surface area contributed by atoms with Gasteiger partial charge in [-0.25, -0.2) is 0 Å². The van der Waals surface area contributed by atoms with Crippen molar-refractivity contribution in [3.63, 3.8) is 0 Å². The Labute approximate surface area is 139 Å². The summed E-state index contributed by atoms with van der Waals surface area (Å²) in [6.45, 7) is 3.36. The number of rotatable bonds is 3. The molecule has 1 aromatic carbocycles. The zero-order chi connectivity index (χ0) is 17.1. The van der Waals surface area contributed by atoms with Crippen molar-refractivity contribution in [3.05, 3.63) is 59.5 Å². The molecule has 24 heavy (non-hydrogen) atoms. The number of amides is 2. The predicted molar refractivity (Wildman–Crippen MR) is 86.7 cm³/mol. The Bertz CT molecular complexity index is 742. The SMILES string of the molecule is Cc1ccc(C(=O)C(=O)N2CCN(C(=O)c3ccco3)CC2)cc1. The van der Waals surface area contributed by atoms with E-state index in [9.17, 15) is 14.4 Å². The molecular weight excluding hydrogens is 308 g/mol. The zero-order valence-corrected chi connectivity index (χ0v) is 13.4. The van der Waals surface area contributed by atoms with Gasteiger partial charge in [-0.2, -0.15) is 0 Å². The van der Waals surface area contributed by atoms with Crippen LogP contribution in [-0.2, 0) is 4.79 Å². The molecule has 0 unspecified atom stereocenters. The molecule has 0 aliphatic carbocycles. The highest BCUT2D eigenvalue weighted by Crippen LogP contribution is 2.11. The fourth-order valence-corrected chi connectivity index (χ4v) is 2.64. The minimum absolute atomic E-state index is 0.197. The largest absolute Gasteiger partial charge is 0.459 e. The number of carbonyl (C=O) groups is 3. The average molecular weight is 326 g/mol. The van der Waals surface area contributed by atoms with Crippen LogP contribution in [0.15, 0.2) is 47.1 Å². The Kier molecular flexibility index (Phi) is 4.46. The molecule has 0 bridgehead atoms. The average Bonchev–Trinajstić information content (AvgIpc) is 3.15. The van der Waals surface area contributed by atoms with Gasteiger partial charge in [0.25, 0.3) is 11.8 Å². The summed E-state index contributed by atoms with van der Waals surface area (Å²) in [5, 5.41) is 0. The van der Waals surface area contributed by atoms with E-state index in [1.54, 1.807) is 41.3 Å². The molecule has 1 aliphatic rings. The van der Waals surface area contributed by atoms with Crippen molar-refractivity contribution in [1.29, 1.82) is 0 Å². The summed E-state index contributed by atoms with van der Waals surface area (Å²) in [4.78, 5) is 39.9. The molecule has 2 heterocycles. The number of ketones is 1. The number of hydrogen-bond acceptors (Lipinski definition) is 4. The first-order valence-corrected chi connectivity index (χ1v) is 7.79. The van der Waals surface area contributed by atoms with E-state index in [1.165, 1.54) is 11.2 Å². The molecule has 0 spiro atoms. The van der Waals surface area contributed by atoms with Crippen molar-refractivity contribution in [1.82, 2.24) is 9.80 Å². The molecule has 3 rings (SSSR count). The predicted octanol–water partition coefficient (Wildman–Crippen LogP) is 1.76. The molecule has 124 valence electrons. The highest BCUT2D eigenvalue weighted by molar-refractivity contribution is 6.42. The van der Waals surface area contributed by atoms with Gasteiger partial charge in [-0.3, -0.25) is 14.4 Å². The van der Waals surface area contributed by atoms with Gasteiger partial charge in [-0.1, -0.05) is 29.8 Å². The molecule has 0 radical (unpaired) electrons. The first-order valence-electron chi connectivity index (χ1n) is 7.79. The summed E-state index contributed by atoms with van der Waals surface area (Å²) >= 11 is 0. The number of aryl methyl sites for hydroxylation is 1. The van der Waals surface area contributed by atoms with Crippen molar-refractivity contribution in [2.45, 2.75) is 6.92 Å². The molecule has 0 N–H and O–H groups in total. The summed E-state index contributed by atoms with van der Waals surface area (Å²) in [5.41, 5.74) is 1.42. The van der Waals surface area contributed by atoms with E-state index in [-0.39, 0.29) is 11.7 Å². The molecule has 0 atom stereocenters. The van der Waals surface area contributed by atoms with E-state index in [4.69, 9.17) is 4.42 Å². The van der Waals surface area contributed by atoms with E-state index in [1.807, 2.05) is 6.92 Å². The molecule has 1 aliphatic heterocycles. The number of nitrogens with zero attached hydrogens (tertiary/aromatic N) is 2. The number of benzene rings is 1. The van der Waals surface area contributed by atoms with E-state index in [0.717, 1.165) is 5.56 Å². The summed E-state index contributed by atoms with van der Waals surface area (Å²) in [6, 6.07) is 10.2. The lowest BCUT2D eigenvalue weighted by Crippen LogP contribution is -2.52. The van der Waals surface area contributed by atoms with Crippen molar-refractivity contribution < 1.29 is 18.8 Å². The second kappa shape index (κ2) is 6.70. The zero-order valence-electron chi connectivity index (χ0n) is 13.4. The molecule has 6 nitrogen and oxygen atoms in total. The molecule has 0 saturated carbocycles. The van der Waals surface area contributed by atoms with Crippen LogP contribution in [0, 0.1) is 6.92 Å². The van der Waals surface area contributed by atoms with Crippen LogP contribution >= 0.6 is 0 Å². The number of furan rings is 1.